The van der Waals surface area contributed by atoms with Gasteiger partial charge in [0.05, 0.1) is 12.2 Å². The molecule has 1 heterocycles. The molecule has 1 saturated heterocycles. The quantitative estimate of drug-likeness (QED) is 0.874. The van der Waals surface area contributed by atoms with Crippen LogP contribution >= 0.6 is 0 Å². The van der Waals surface area contributed by atoms with Crippen molar-refractivity contribution >= 4 is 12.1 Å². The van der Waals surface area contributed by atoms with Crippen LogP contribution in [0, 0.1) is 19.8 Å². The van der Waals surface area contributed by atoms with Crippen LogP contribution in [0.4, 0.5) is 4.79 Å². The second-order valence-corrected chi connectivity index (χ2v) is 7.96. The number of carboxylic acids is 1. The van der Waals surface area contributed by atoms with Crippen molar-refractivity contribution in [1.82, 2.24) is 4.90 Å². The van der Waals surface area contributed by atoms with Crippen molar-refractivity contribution < 1.29 is 24.2 Å². The largest absolute Gasteiger partial charge is 0.493 e. The van der Waals surface area contributed by atoms with Gasteiger partial charge in [-0.15, -0.1) is 0 Å². The Morgan fingerprint density at radius 3 is 2.15 bits per heavy atom. The maximum atomic E-state index is 12.1. The summed E-state index contributed by atoms with van der Waals surface area (Å²) in [6.07, 6.45) is 1.47. The zero-order chi connectivity index (χ0) is 19.5. The second-order valence-electron chi connectivity index (χ2n) is 7.96. The molecule has 0 unspecified atom stereocenters. The number of carbonyl (C=O) groups is 2. The van der Waals surface area contributed by atoms with Crippen LogP contribution in [0.25, 0.3) is 0 Å². The van der Waals surface area contributed by atoms with Gasteiger partial charge in [0.15, 0.2) is 0 Å². The van der Waals surface area contributed by atoms with E-state index in [0.29, 0.717) is 48.1 Å². The molecule has 0 aliphatic carbocycles. The number of amides is 1. The number of ether oxygens (including phenoxy) is 2. The third kappa shape index (κ3) is 5.38. The van der Waals surface area contributed by atoms with E-state index < -0.39 is 11.6 Å². The predicted molar refractivity (Wildman–Crippen MR) is 98.9 cm³/mol. The maximum absolute atomic E-state index is 12.1. The topological polar surface area (TPSA) is 76.1 Å². The number of hydrogen-bond acceptors (Lipinski definition) is 4. The summed E-state index contributed by atoms with van der Waals surface area (Å²) in [5.41, 5.74) is 1.26. The van der Waals surface area contributed by atoms with Crippen molar-refractivity contribution in [2.24, 2.45) is 5.92 Å². The average molecular weight is 363 g/mol. The first-order valence-electron chi connectivity index (χ1n) is 9.02. The molecule has 0 bridgehead atoms. The number of carbonyl (C=O) groups excluding carboxylic acids is 1. The molecule has 6 heteroatoms. The molecule has 1 N–H and O–H groups in total. The summed E-state index contributed by atoms with van der Waals surface area (Å²) < 4.78 is 11.3. The second kappa shape index (κ2) is 7.98. The van der Waals surface area contributed by atoms with Crippen molar-refractivity contribution in [1.29, 1.82) is 0 Å². The lowest BCUT2D eigenvalue weighted by molar-refractivity contribution is 0.0164. The lowest BCUT2D eigenvalue weighted by Gasteiger charge is -2.33. The molecule has 0 atom stereocenters. The summed E-state index contributed by atoms with van der Waals surface area (Å²) in [7, 11) is 0. The summed E-state index contributed by atoms with van der Waals surface area (Å²) in [6.45, 7) is 11.1. The van der Waals surface area contributed by atoms with E-state index in [9.17, 15) is 14.7 Å². The zero-order valence-corrected chi connectivity index (χ0v) is 16.3. The van der Waals surface area contributed by atoms with Crippen LogP contribution in [0.2, 0.25) is 0 Å². The van der Waals surface area contributed by atoms with Crippen molar-refractivity contribution in [3.63, 3.8) is 0 Å². The van der Waals surface area contributed by atoms with Gasteiger partial charge in [0.1, 0.15) is 11.4 Å². The van der Waals surface area contributed by atoms with Crippen LogP contribution in [0.5, 0.6) is 5.75 Å². The van der Waals surface area contributed by atoms with Crippen molar-refractivity contribution in [2.45, 2.75) is 53.1 Å². The van der Waals surface area contributed by atoms with Gasteiger partial charge in [0.25, 0.3) is 0 Å². The summed E-state index contributed by atoms with van der Waals surface area (Å²) >= 11 is 0. The molecule has 144 valence electrons. The fraction of sp³-hybridized carbons (Fsp3) is 0.600. The van der Waals surface area contributed by atoms with Crippen LogP contribution in [0.15, 0.2) is 12.1 Å². The Labute approximate surface area is 155 Å². The fourth-order valence-electron chi connectivity index (χ4n) is 3.17. The van der Waals surface area contributed by atoms with E-state index in [-0.39, 0.29) is 6.09 Å². The van der Waals surface area contributed by atoms with E-state index in [1.54, 1.807) is 30.9 Å². The standard InChI is InChI=1S/C20H29NO5/c1-13-10-16(11-14(2)17(13)18(22)23)25-12-15-6-8-21(9-7-15)19(24)26-20(3,4)5/h10-11,15H,6-9,12H2,1-5H3,(H,22,23). The average Bonchev–Trinajstić information content (AvgIpc) is 2.50. The van der Waals surface area contributed by atoms with Gasteiger partial charge >= 0.3 is 12.1 Å². The number of carboxylic acid groups (broad SMARTS) is 1. The Hall–Kier alpha value is -2.24. The lowest BCUT2D eigenvalue weighted by atomic mass is 9.98. The van der Waals surface area contributed by atoms with Crippen LogP contribution in [0.3, 0.4) is 0 Å². The molecule has 6 nitrogen and oxygen atoms in total. The Kier molecular flexibility index (Phi) is 6.16. The molecular weight excluding hydrogens is 334 g/mol. The van der Waals surface area contributed by atoms with Gasteiger partial charge in [-0.1, -0.05) is 0 Å². The summed E-state index contributed by atoms with van der Waals surface area (Å²) in [4.78, 5) is 25.1. The number of aromatic carboxylic acids is 1. The van der Waals surface area contributed by atoms with E-state index in [1.807, 2.05) is 20.8 Å². The first-order valence-corrected chi connectivity index (χ1v) is 9.02. The molecule has 1 aliphatic heterocycles. The smallest absolute Gasteiger partial charge is 0.410 e. The minimum absolute atomic E-state index is 0.257. The Morgan fingerprint density at radius 1 is 1.15 bits per heavy atom. The van der Waals surface area contributed by atoms with Gasteiger partial charge in [-0.2, -0.15) is 0 Å². The number of rotatable bonds is 4. The number of likely N-dealkylation sites (tertiary alicyclic amines) is 1. The van der Waals surface area contributed by atoms with Gasteiger partial charge in [0, 0.05) is 13.1 Å². The highest BCUT2D eigenvalue weighted by Crippen LogP contribution is 2.25. The monoisotopic (exact) mass is 363 g/mol. The molecule has 0 saturated carbocycles. The number of nitrogens with zero attached hydrogens (tertiary/aromatic N) is 1. The normalized spacial score (nSPS) is 15.7. The van der Waals surface area contributed by atoms with Crippen LogP contribution in [-0.4, -0.2) is 47.4 Å². The van der Waals surface area contributed by atoms with Gasteiger partial charge in [-0.05, 0) is 76.6 Å². The van der Waals surface area contributed by atoms with E-state index in [1.165, 1.54) is 0 Å². The molecule has 0 radical (unpaired) electrons. The van der Waals surface area contributed by atoms with Crippen LogP contribution < -0.4 is 4.74 Å². The number of benzene rings is 1. The van der Waals surface area contributed by atoms with Crippen LogP contribution in [-0.2, 0) is 4.74 Å². The van der Waals surface area contributed by atoms with Gasteiger partial charge < -0.3 is 19.5 Å². The van der Waals surface area contributed by atoms with Crippen LogP contribution in [0.1, 0.15) is 55.1 Å². The van der Waals surface area contributed by atoms with E-state index in [0.717, 1.165) is 12.8 Å². The van der Waals surface area contributed by atoms with E-state index >= 15 is 0 Å². The number of aryl methyl sites for hydroxylation is 2. The first-order chi connectivity index (χ1) is 12.1. The fourth-order valence-corrected chi connectivity index (χ4v) is 3.17. The lowest BCUT2D eigenvalue weighted by Crippen LogP contribution is -2.42. The van der Waals surface area contributed by atoms with Gasteiger partial charge in [-0.25, -0.2) is 9.59 Å². The minimum atomic E-state index is -0.916. The molecule has 1 aromatic rings. The molecule has 1 aromatic carbocycles. The molecule has 0 spiro atoms. The third-order valence-corrected chi connectivity index (χ3v) is 4.47. The summed E-state index contributed by atoms with van der Waals surface area (Å²) in [6, 6.07) is 3.54. The zero-order valence-electron chi connectivity index (χ0n) is 16.3. The molecule has 1 amide bonds. The Morgan fingerprint density at radius 2 is 1.69 bits per heavy atom. The number of piperidine rings is 1. The first kappa shape index (κ1) is 20.1. The van der Waals surface area contributed by atoms with Crippen molar-refractivity contribution in [3.8, 4) is 5.75 Å². The highest BCUT2D eigenvalue weighted by Gasteiger charge is 2.27. The Bertz CT molecular complexity index is 646. The van der Waals surface area contributed by atoms with Gasteiger partial charge in [0.2, 0.25) is 0 Å². The molecule has 1 fully saturated rings. The molecular formula is C20H29NO5. The maximum Gasteiger partial charge on any atom is 0.410 e. The third-order valence-electron chi connectivity index (χ3n) is 4.47. The SMILES string of the molecule is Cc1cc(OCC2CCN(C(=O)OC(C)(C)C)CC2)cc(C)c1C(=O)O. The van der Waals surface area contributed by atoms with E-state index in [4.69, 9.17) is 9.47 Å². The van der Waals surface area contributed by atoms with Crippen molar-refractivity contribution in [3.05, 3.63) is 28.8 Å². The predicted octanol–water partition coefficient (Wildman–Crippen LogP) is 4.03. The molecule has 26 heavy (non-hydrogen) atoms. The summed E-state index contributed by atoms with van der Waals surface area (Å²) in [5.74, 6) is 0.147. The minimum Gasteiger partial charge on any atom is -0.493 e. The molecule has 2 rings (SSSR count). The molecule has 0 aromatic heterocycles. The number of hydrogen-bond donors (Lipinski definition) is 1. The van der Waals surface area contributed by atoms with Crippen molar-refractivity contribution in [2.75, 3.05) is 19.7 Å². The highest BCUT2D eigenvalue weighted by atomic mass is 16.6. The Balaban J connectivity index is 1.85. The highest BCUT2D eigenvalue weighted by molar-refractivity contribution is 5.91. The molecule has 1 aliphatic rings. The summed E-state index contributed by atoms with van der Waals surface area (Å²) in [5, 5.41) is 9.23. The van der Waals surface area contributed by atoms with E-state index in [2.05, 4.69) is 0 Å². The van der Waals surface area contributed by atoms with Gasteiger partial charge in [-0.3, -0.25) is 0 Å².